The van der Waals surface area contributed by atoms with Gasteiger partial charge in [0.05, 0.1) is 0 Å². The lowest BCUT2D eigenvalue weighted by Gasteiger charge is -2.17. The molecule has 2 N–H and O–H groups in total. The van der Waals surface area contributed by atoms with E-state index >= 15 is 0 Å². The number of hydrogen-bond donors (Lipinski definition) is 1. The number of benzene rings is 1. The largest absolute Gasteiger partial charge is 0.399 e. The zero-order valence-electron chi connectivity index (χ0n) is 10.1. The average Bonchev–Trinajstić information content (AvgIpc) is 2.24. The first-order chi connectivity index (χ1) is 7.59. The SMILES string of the molecule is CC(C)=N/C=C\CN(C)c1cccc(N)c1. The third-order valence-electron chi connectivity index (χ3n) is 2.13. The van der Waals surface area contributed by atoms with Gasteiger partial charge < -0.3 is 10.6 Å². The van der Waals surface area contributed by atoms with Gasteiger partial charge in [-0.15, -0.1) is 0 Å². The van der Waals surface area contributed by atoms with Gasteiger partial charge in [-0.2, -0.15) is 0 Å². The van der Waals surface area contributed by atoms with Crippen LogP contribution in [0.4, 0.5) is 11.4 Å². The van der Waals surface area contributed by atoms with E-state index in [0.717, 1.165) is 23.6 Å². The normalized spacial score (nSPS) is 10.4. The first-order valence-electron chi connectivity index (χ1n) is 5.32. The molecule has 1 aromatic carbocycles. The van der Waals surface area contributed by atoms with Crippen LogP contribution in [0.2, 0.25) is 0 Å². The highest BCUT2D eigenvalue weighted by molar-refractivity contribution is 5.79. The standard InChI is InChI=1S/C13H19N3/c1-11(2)15-8-5-9-16(3)13-7-4-6-12(14)10-13/h4-8,10H,9,14H2,1-3H3/b8-5-. The monoisotopic (exact) mass is 217 g/mol. The van der Waals surface area contributed by atoms with Crippen LogP contribution in [0.5, 0.6) is 0 Å². The van der Waals surface area contributed by atoms with E-state index in [4.69, 9.17) is 5.73 Å². The molecule has 0 saturated heterocycles. The van der Waals surface area contributed by atoms with Crippen LogP contribution >= 0.6 is 0 Å². The van der Waals surface area contributed by atoms with Crippen molar-refractivity contribution in [3.63, 3.8) is 0 Å². The Labute approximate surface area is 97.3 Å². The summed E-state index contributed by atoms with van der Waals surface area (Å²) in [4.78, 5) is 6.31. The Bertz CT molecular complexity index is 390. The highest BCUT2D eigenvalue weighted by Crippen LogP contribution is 2.15. The number of nitrogen functional groups attached to an aromatic ring is 1. The minimum atomic E-state index is 0.788. The van der Waals surface area contributed by atoms with Crippen LogP contribution < -0.4 is 10.6 Å². The highest BCUT2D eigenvalue weighted by Gasteiger charge is 1.97. The van der Waals surface area contributed by atoms with E-state index in [1.807, 2.05) is 57.4 Å². The van der Waals surface area contributed by atoms with Crippen molar-refractivity contribution in [2.45, 2.75) is 13.8 Å². The van der Waals surface area contributed by atoms with Gasteiger partial charge in [-0.1, -0.05) is 6.07 Å². The average molecular weight is 217 g/mol. The molecule has 0 heterocycles. The zero-order valence-corrected chi connectivity index (χ0v) is 10.1. The van der Waals surface area contributed by atoms with Crippen LogP contribution in [-0.2, 0) is 0 Å². The lowest BCUT2D eigenvalue weighted by Crippen LogP contribution is -2.16. The van der Waals surface area contributed by atoms with Gasteiger partial charge in [-0.25, -0.2) is 0 Å². The van der Waals surface area contributed by atoms with Gasteiger partial charge in [0.25, 0.3) is 0 Å². The van der Waals surface area contributed by atoms with Crippen LogP contribution in [-0.4, -0.2) is 19.3 Å². The molecule has 0 aliphatic carbocycles. The second-order valence-electron chi connectivity index (χ2n) is 3.94. The minimum absolute atomic E-state index is 0.788. The molecule has 0 fully saturated rings. The van der Waals surface area contributed by atoms with Gasteiger partial charge in [0.15, 0.2) is 0 Å². The molecule has 1 rings (SSSR count). The van der Waals surface area contributed by atoms with E-state index in [1.165, 1.54) is 0 Å². The van der Waals surface area contributed by atoms with Gasteiger partial charge in [-0.3, -0.25) is 4.99 Å². The van der Waals surface area contributed by atoms with E-state index in [-0.39, 0.29) is 0 Å². The molecule has 86 valence electrons. The summed E-state index contributed by atoms with van der Waals surface area (Å²) in [6, 6.07) is 7.85. The quantitative estimate of drug-likeness (QED) is 0.622. The lowest BCUT2D eigenvalue weighted by atomic mass is 10.2. The fourth-order valence-electron chi connectivity index (χ4n) is 1.27. The third kappa shape index (κ3) is 4.17. The molecule has 0 aromatic heterocycles. The van der Waals surface area contributed by atoms with Crippen LogP contribution in [0.15, 0.2) is 41.5 Å². The predicted molar refractivity (Wildman–Crippen MR) is 72.0 cm³/mol. The summed E-state index contributed by atoms with van der Waals surface area (Å²) >= 11 is 0. The molecule has 3 heteroatoms. The second-order valence-corrected chi connectivity index (χ2v) is 3.94. The molecule has 0 aliphatic rings. The number of nitrogens with zero attached hydrogens (tertiary/aromatic N) is 2. The maximum absolute atomic E-state index is 5.72. The summed E-state index contributed by atoms with van der Waals surface area (Å²) in [6.07, 6.45) is 3.86. The first-order valence-corrected chi connectivity index (χ1v) is 5.32. The van der Waals surface area contributed by atoms with Gasteiger partial charge in [0.1, 0.15) is 0 Å². The molecule has 0 radical (unpaired) electrons. The van der Waals surface area contributed by atoms with Gasteiger partial charge >= 0.3 is 0 Å². The second kappa shape index (κ2) is 5.95. The highest BCUT2D eigenvalue weighted by atomic mass is 15.1. The molecule has 0 atom stereocenters. The maximum Gasteiger partial charge on any atom is 0.0387 e. The molecule has 3 nitrogen and oxygen atoms in total. The molecule has 0 unspecified atom stereocenters. The summed E-state index contributed by atoms with van der Waals surface area (Å²) in [5.74, 6) is 0. The van der Waals surface area contributed by atoms with Gasteiger partial charge in [0.2, 0.25) is 0 Å². The molecule has 0 amide bonds. The van der Waals surface area contributed by atoms with Crippen molar-refractivity contribution >= 4 is 17.1 Å². The summed E-state index contributed by atoms with van der Waals surface area (Å²) in [5, 5.41) is 0. The van der Waals surface area contributed by atoms with E-state index in [1.54, 1.807) is 0 Å². The molecule has 0 spiro atoms. The van der Waals surface area contributed by atoms with E-state index in [9.17, 15) is 0 Å². The van der Waals surface area contributed by atoms with Crippen LogP contribution in [0.1, 0.15) is 13.8 Å². The molecule has 0 bridgehead atoms. The van der Waals surface area contributed by atoms with Crippen LogP contribution in [0.25, 0.3) is 0 Å². The van der Waals surface area contributed by atoms with Crippen LogP contribution in [0.3, 0.4) is 0 Å². The predicted octanol–water partition coefficient (Wildman–Crippen LogP) is 2.70. The Morgan fingerprint density at radius 2 is 2.19 bits per heavy atom. The molecular weight excluding hydrogens is 198 g/mol. The van der Waals surface area contributed by atoms with E-state index < -0.39 is 0 Å². The molecular formula is C13H19N3. The van der Waals surface area contributed by atoms with Crippen molar-refractivity contribution in [3.8, 4) is 0 Å². The third-order valence-corrected chi connectivity index (χ3v) is 2.13. The Morgan fingerprint density at radius 1 is 1.44 bits per heavy atom. The summed E-state index contributed by atoms with van der Waals surface area (Å²) in [5.41, 5.74) is 8.68. The fraction of sp³-hybridized carbons (Fsp3) is 0.308. The Balaban J connectivity index is 2.56. The van der Waals surface area contributed by atoms with Crippen LogP contribution in [0, 0.1) is 0 Å². The smallest absolute Gasteiger partial charge is 0.0387 e. The van der Waals surface area contributed by atoms with Crippen molar-refractivity contribution in [1.29, 1.82) is 0 Å². The van der Waals surface area contributed by atoms with Crippen molar-refractivity contribution < 1.29 is 0 Å². The van der Waals surface area contributed by atoms with E-state index in [2.05, 4.69) is 9.89 Å². The van der Waals surface area contributed by atoms with Crippen molar-refractivity contribution in [3.05, 3.63) is 36.5 Å². The Morgan fingerprint density at radius 3 is 2.81 bits per heavy atom. The van der Waals surface area contributed by atoms with Crippen molar-refractivity contribution in [2.24, 2.45) is 4.99 Å². The zero-order chi connectivity index (χ0) is 12.0. The lowest BCUT2D eigenvalue weighted by molar-refractivity contribution is 1.03. The van der Waals surface area contributed by atoms with Crippen molar-refractivity contribution in [1.82, 2.24) is 0 Å². The summed E-state index contributed by atoms with van der Waals surface area (Å²) in [7, 11) is 2.03. The molecule has 0 aliphatic heterocycles. The van der Waals surface area contributed by atoms with Crippen molar-refractivity contribution in [2.75, 3.05) is 24.2 Å². The van der Waals surface area contributed by atoms with Gasteiger partial charge in [-0.05, 0) is 38.1 Å². The number of likely N-dealkylation sites (N-methyl/N-ethyl adjacent to an activating group) is 1. The first kappa shape index (κ1) is 12.3. The molecule has 16 heavy (non-hydrogen) atoms. The molecule has 1 aromatic rings. The van der Waals surface area contributed by atoms with E-state index in [0.29, 0.717) is 0 Å². The number of anilines is 2. The fourth-order valence-corrected chi connectivity index (χ4v) is 1.27. The Kier molecular flexibility index (Phi) is 4.58. The molecule has 0 saturated carbocycles. The minimum Gasteiger partial charge on any atom is -0.399 e. The maximum atomic E-state index is 5.72. The summed E-state index contributed by atoms with van der Waals surface area (Å²) in [6.45, 7) is 4.78. The van der Waals surface area contributed by atoms with Gasteiger partial charge in [0, 0.05) is 36.9 Å². The Hall–Kier alpha value is -1.77. The number of aliphatic imine (C=N–C) groups is 1. The number of rotatable bonds is 4. The number of hydrogen-bond acceptors (Lipinski definition) is 3. The summed E-state index contributed by atoms with van der Waals surface area (Å²) < 4.78 is 0. The topological polar surface area (TPSA) is 41.6 Å². The number of nitrogens with two attached hydrogens (primary N) is 1.